The van der Waals surface area contributed by atoms with Gasteiger partial charge < -0.3 is 4.90 Å². The van der Waals surface area contributed by atoms with E-state index in [1.54, 1.807) is 4.90 Å². The first-order valence-corrected chi connectivity index (χ1v) is 5.44. The molecule has 2 aliphatic rings. The molecule has 2 rings (SSSR count). The predicted molar refractivity (Wildman–Crippen MR) is 52.6 cm³/mol. The summed E-state index contributed by atoms with van der Waals surface area (Å²) in [4.78, 5) is 19.0. The van der Waals surface area contributed by atoms with E-state index < -0.39 is 0 Å². The van der Waals surface area contributed by atoms with Crippen molar-refractivity contribution in [3.05, 3.63) is 0 Å². The van der Waals surface area contributed by atoms with Crippen LogP contribution in [0.3, 0.4) is 0 Å². The molecular weight excluding hydrogens is 180 g/mol. The van der Waals surface area contributed by atoms with Crippen molar-refractivity contribution in [3.8, 4) is 0 Å². The van der Waals surface area contributed by atoms with Gasteiger partial charge in [0, 0.05) is 33.1 Å². The maximum Gasteiger partial charge on any atom is 0.253 e. The average molecular weight is 198 g/mol. The van der Waals surface area contributed by atoms with Crippen molar-refractivity contribution < 1.29 is 9.63 Å². The van der Waals surface area contributed by atoms with Crippen LogP contribution in [0.15, 0.2) is 0 Å². The Kier molecular flexibility index (Phi) is 3.03. The number of rotatable bonds is 2. The molecule has 0 aromatic rings. The fourth-order valence-corrected chi connectivity index (χ4v) is 2.04. The number of likely N-dealkylation sites (N-methyl/N-ethyl adjacent to an activating group) is 1. The molecule has 4 heteroatoms. The minimum Gasteiger partial charge on any atom is -0.343 e. The van der Waals surface area contributed by atoms with Gasteiger partial charge in [-0.3, -0.25) is 9.63 Å². The van der Waals surface area contributed by atoms with Crippen LogP contribution in [0.2, 0.25) is 0 Å². The first-order chi connectivity index (χ1) is 6.77. The zero-order valence-electron chi connectivity index (χ0n) is 8.74. The molecule has 0 N–H and O–H groups in total. The number of nitrogens with zero attached hydrogens (tertiary/aromatic N) is 2. The summed E-state index contributed by atoms with van der Waals surface area (Å²) in [7, 11) is 1.84. The zero-order valence-corrected chi connectivity index (χ0v) is 8.74. The van der Waals surface area contributed by atoms with Crippen LogP contribution in [0.25, 0.3) is 0 Å². The minimum atomic E-state index is -0.210. The Bertz CT molecular complexity index is 214. The van der Waals surface area contributed by atoms with Crippen molar-refractivity contribution in [2.24, 2.45) is 0 Å². The van der Waals surface area contributed by atoms with E-state index >= 15 is 0 Å². The molecule has 0 aromatic heterocycles. The molecule has 4 nitrogen and oxygen atoms in total. The van der Waals surface area contributed by atoms with Crippen LogP contribution in [-0.4, -0.2) is 48.7 Å². The highest BCUT2D eigenvalue weighted by atomic mass is 16.7. The monoisotopic (exact) mass is 198 g/mol. The SMILES string of the molecule is CN1CCC(ON2CCCCC2)C1=O. The lowest BCUT2D eigenvalue weighted by molar-refractivity contribution is -0.204. The summed E-state index contributed by atoms with van der Waals surface area (Å²) in [5.41, 5.74) is 0. The third-order valence-corrected chi connectivity index (χ3v) is 2.97. The van der Waals surface area contributed by atoms with Gasteiger partial charge in [0.1, 0.15) is 0 Å². The predicted octanol–water partition coefficient (Wildman–Crippen LogP) is 0.635. The van der Waals surface area contributed by atoms with Crippen LogP contribution >= 0.6 is 0 Å². The molecule has 1 unspecified atom stereocenters. The highest BCUT2D eigenvalue weighted by molar-refractivity contribution is 5.82. The molecule has 2 aliphatic heterocycles. The lowest BCUT2D eigenvalue weighted by atomic mass is 10.2. The lowest BCUT2D eigenvalue weighted by Gasteiger charge is -2.27. The Balaban J connectivity index is 1.82. The van der Waals surface area contributed by atoms with E-state index in [1.165, 1.54) is 19.3 Å². The third kappa shape index (κ3) is 2.07. The summed E-state index contributed by atoms with van der Waals surface area (Å²) in [6.07, 6.45) is 4.30. The maximum absolute atomic E-state index is 11.6. The van der Waals surface area contributed by atoms with Crippen LogP contribution < -0.4 is 0 Å². The van der Waals surface area contributed by atoms with Gasteiger partial charge in [-0.15, -0.1) is 0 Å². The second kappa shape index (κ2) is 4.28. The second-order valence-electron chi connectivity index (χ2n) is 4.13. The summed E-state index contributed by atoms with van der Waals surface area (Å²) < 4.78 is 0. The van der Waals surface area contributed by atoms with Gasteiger partial charge in [0.15, 0.2) is 6.10 Å². The molecule has 0 aromatic carbocycles. The number of hydrogen-bond donors (Lipinski definition) is 0. The van der Waals surface area contributed by atoms with Crippen molar-refractivity contribution in [3.63, 3.8) is 0 Å². The molecule has 0 spiro atoms. The Hall–Kier alpha value is -0.610. The molecule has 0 bridgehead atoms. The average Bonchev–Trinajstić information content (AvgIpc) is 2.52. The first-order valence-electron chi connectivity index (χ1n) is 5.44. The number of carbonyl (C=O) groups is 1. The molecule has 0 aliphatic carbocycles. The molecule has 2 heterocycles. The first kappa shape index (κ1) is 9.93. The van der Waals surface area contributed by atoms with Crippen LogP contribution in [0.1, 0.15) is 25.7 Å². The van der Waals surface area contributed by atoms with Crippen LogP contribution in [0, 0.1) is 0 Å². The van der Waals surface area contributed by atoms with E-state index in [0.717, 1.165) is 26.1 Å². The number of likely N-dealkylation sites (tertiary alicyclic amines) is 1. The van der Waals surface area contributed by atoms with E-state index in [2.05, 4.69) is 0 Å². The Morgan fingerprint density at radius 2 is 1.93 bits per heavy atom. The van der Waals surface area contributed by atoms with Gasteiger partial charge in [0.25, 0.3) is 5.91 Å². The van der Waals surface area contributed by atoms with E-state index in [0.29, 0.717) is 0 Å². The Morgan fingerprint density at radius 3 is 2.50 bits per heavy atom. The van der Waals surface area contributed by atoms with E-state index in [1.807, 2.05) is 12.1 Å². The summed E-state index contributed by atoms with van der Waals surface area (Å²) in [6.45, 7) is 2.79. The lowest BCUT2D eigenvalue weighted by Crippen LogP contribution is -2.37. The third-order valence-electron chi connectivity index (χ3n) is 2.97. The summed E-state index contributed by atoms with van der Waals surface area (Å²) in [5.74, 6) is 0.135. The fourth-order valence-electron chi connectivity index (χ4n) is 2.04. The van der Waals surface area contributed by atoms with Crippen LogP contribution in [0.5, 0.6) is 0 Å². The number of hydrogen-bond acceptors (Lipinski definition) is 3. The van der Waals surface area contributed by atoms with E-state index in [4.69, 9.17) is 4.84 Å². The van der Waals surface area contributed by atoms with Gasteiger partial charge in [-0.05, 0) is 12.8 Å². The standard InChI is InChI=1S/C10H18N2O2/c1-11-8-5-9(10(11)13)14-12-6-3-2-4-7-12/h9H,2-8H2,1H3. The van der Waals surface area contributed by atoms with E-state index in [9.17, 15) is 4.79 Å². The normalized spacial score (nSPS) is 29.9. The zero-order chi connectivity index (χ0) is 9.97. The van der Waals surface area contributed by atoms with Gasteiger partial charge in [-0.25, -0.2) is 0 Å². The number of amides is 1. The Morgan fingerprint density at radius 1 is 1.21 bits per heavy atom. The molecule has 1 atom stereocenters. The molecule has 0 radical (unpaired) electrons. The van der Waals surface area contributed by atoms with Crippen molar-refractivity contribution in [2.75, 3.05) is 26.7 Å². The summed E-state index contributed by atoms with van der Waals surface area (Å²) in [6, 6.07) is 0. The Labute approximate surface area is 84.8 Å². The van der Waals surface area contributed by atoms with Crippen LogP contribution in [-0.2, 0) is 9.63 Å². The van der Waals surface area contributed by atoms with Gasteiger partial charge in [-0.1, -0.05) is 6.42 Å². The molecule has 0 saturated carbocycles. The summed E-state index contributed by atoms with van der Waals surface area (Å²) >= 11 is 0. The molecular formula is C10H18N2O2. The van der Waals surface area contributed by atoms with Crippen molar-refractivity contribution in [1.82, 2.24) is 9.96 Å². The van der Waals surface area contributed by atoms with E-state index in [-0.39, 0.29) is 12.0 Å². The molecule has 2 fully saturated rings. The van der Waals surface area contributed by atoms with Crippen molar-refractivity contribution in [1.29, 1.82) is 0 Å². The number of piperidine rings is 1. The van der Waals surface area contributed by atoms with Gasteiger partial charge in [-0.2, -0.15) is 5.06 Å². The van der Waals surface area contributed by atoms with Gasteiger partial charge in [0.05, 0.1) is 0 Å². The van der Waals surface area contributed by atoms with Gasteiger partial charge in [0.2, 0.25) is 0 Å². The van der Waals surface area contributed by atoms with Crippen LogP contribution in [0.4, 0.5) is 0 Å². The number of hydroxylamine groups is 2. The largest absolute Gasteiger partial charge is 0.343 e. The van der Waals surface area contributed by atoms with Gasteiger partial charge >= 0.3 is 0 Å². The highest BCUT2D eigenvalue weighted by Gasteiger charge is 2.32. The van der Waals surface area contributed by atoms with Crippen molar-refractivity contribution >= 4 is 5.91 Å². The summed E-state index contributed by atoms with van der Waals surface area (Å²) in [5, 5.41) is 1.96. The topological polar surface area (TPSA) is 32.8 Å². The molecule has 14 heavy (non-hydrogen) atoms. The molecule has 2 saturated heterocycles. The maximum atomic E-state index is 11.6. The quantitative estimate of drug-likeness (QED) is 0.652. The molecule has 1 amide bonds. The highest BCUT2D eigenvalue weighted by Crippen LogP contribution is 2.17. The molecule has 80 valence electrons. The second-order valence-corrected chi connectivity index (χ2v) is 4.13. The fraction of sp³-hybridized carbons (Fsp3) is 0.900. The smallest absolute Gasteiger partial charge is 0.253 e. The van der Waals surface area contributed by atoms with Crippen molar-refractivity contribution in [2.45, 2.75) is 31.8 Å². The number of carbonyl (C=O) groups excluding carboxylic acids is 1. The minimum absolute atomic E-state index is 0.135.